The molecule has 0 atom stereocenters. The van der Waals surface area contributed by atoms with E-state index in [9.17, 15) is 27.6 Å². The minimum absolute atomic E-state index is 0.0692. The zero-order chi connectivity index (χ0) is 25.5. The molecule has 0 aliphatic heterocycles. The highest BCUT2D eigenvalue weighted by molar-refractivity contribution is 6.04. The Hall–Kier alpha value is -4.48. The number of fused-ring (bicyclic) bond motifs is 1. The van der Waals surface area contributed by atoms with Gasteiger partial charge in [-0.15, -0.1) is 0 Å². The molecule has 0 unspecified atom stereocenters. The summed E-state index contributed by atoms with van der Waals surface area (Å²) in [5.74, 6) is -0.548. The van der Waals surface area contributed by atoms with Crippen molar-refractivity contribution in [3.63, 3.8) is 0 Å². The van der Waals surface area contributed by atoms with Gasteiger partial charge in [0.05, 0.1) is 16.9 Å². The van der Waals surface area contributed by atoms with E-state index in [1.54, 1.807) is 27.0 Å². The Morgan fingerprint density at radius 1 is 1.06 bits per heavy atom. The van der Waals surface area contributed by atoms with Crippen LogP contribution >= 0.6 is 0 Å². The molecule has 0 aliphatic carbocycles. The molecule has 0 fully saturated rings. The second kappa shape index (κ2) is 8.70. The van der Waals surface area contributed by atoms with Gasteiger partial charge < -0.3 is 10.6 Å². The van der Waals surface area contributed by atoms with Crippen molar-refractivity contribution < 1.29 is 18.0 Å². The number of anilines is 2. The molecule has 4 rings (SSSR count). The molecule has 0 radical (unpaired) electrons. The van der Waals surface area contributed by atoms with Gasteiger partial charge in [0.1, 0.15) is 5.39 Å². The van der Waals surface area contributed by atoms with Crippen LogP contribution in [0.5, 0.6) is 0 Å². The lowest BCUT2D eigenvalue weighted by Gasteiger charge is -2.13. The first kappa shape index (κ1) is 23.7. The average Bonchev–Trinajstić information content (AvgIpc) is 2.79. The van der Waals surface area contributed by atoms with E-state index >= 15 is 0 Å². The first-order valence-corrected chi connectivity index (χ1v) is 10.3. The number of nitrogens with one attached hydrogen (secondary N) is 3. The molecule has 0 saturated carbocycles. The minimum Gasteiger partial charge on any atom is -0.357 e. The zero-order valence-electron chi connectivity index (χ0n) is 18.7. The van der Waals surface area contributed by atoms with Gasteiger partial charge in [-0.05, 0) is 49.7 Å². The number of nitrogens with zero attached hydrogens (tertiary/aromatic N) is 3. The monoisotopic (exact) mass is 484 g/mol. The van der Waals surface area contributed by atoms with Gasteiger partial charge in [-0.2, -0.15) is 18.2 Å². The van der Waals surface area contributed by atoms with Crippen molar-refractivity contribution in [1.29, 1.82) is 0 Å². The predicted molar refractivity (Wildman–Crippen MR) is 124 cm³/mol. The van der Waals surface area contributed by atoms with Crippen LogP contribution in [0.25, 0.3) is 16.7 Å². The standard InChI is InChI=1S/C23H19F3N6O3/c1-11-7-8-15(29-19(33)13-5-4-6-14(9-13)23(24,25)26)10-16(11)32-20(34)17-12(2)28-21(27-3)30-18(17)31-22(32)35/h4-10H,1-3H3,(H,29,33)(H2,27,28,30,31,35). The van der Waals surface area contributed by atoms with Gasteiger partial charge in [0.2, 0.25) is 5.95 Å². The number of H-pyrrole nitrogens is 1. The minimum atomic E-state index is -4.60. The molecule has 0 spiro atoms. The summed E-state index contributed by atoms with van der Waals surface area (Å²) in [5, 5.41) is 5.37. The van der Waals surface area contributed by atoms with Gasteiger partial charge >= 0.3 is 11.9 Å². The summed E-state index contributed by atoms with van der Waals surface area (Å²) in [4.78, 5) is 49.6. The number of amides is 1. The van der Waals surface area contributed by atoms with Crippen molar-refractivity contribution >= 4 is 28.6 Å². The summed E-state index contributed by atoms with van der Waals surface area (Å²) in [7, 11) is 1.60. The van der Waals surface area contributed by atoms with E-state index in [1.807, 2.05) is 0 Å². The lowest BCUT2D eigenvalue weighted by atomic mass is 10.1. The maximum atomic E-state index is 13.3. The Kier molecular flexibility index (Phi) is 5.89. The van der Waals surface area contributed by atoms with E-state index in [-0.39, 0.29) is 33.9 Å². The third-order valence-electron chi connectivity index (χ3n) is 5.32. The molecular weight excluding hydrogens is 465 g/mol. The van der Waals surface area contributed by atoms with Crippen LogP contribution in [0.15, 0.2) is 52.1 Å². The Labute approximate surface area is 195 Å². The number of hydrogen-bond donors (Lipinski definition) is 3. The number of hydrogen-bond acceptors (Lipinski definition) is 6. The molecule has 0 aliphatic rings. The number of halogens is 3. The Morgan fingerprint density at radius 2 is 1.80 bits per heavy atom. The van der Waals surface area contributed by atoms with Crippen molar-refractivity contribution in [2.24, 2.45) is 0 Å². The Morgan fingerprint density at radius 3 is 2.49 bits per heavy atom. The quantitative estimate of drug-likeness (QED) is 0.408. The van der Waals surface area contributed by atoms with E-state index in [4.69, 9.17) is 0 Å². The molecule has 2 aromatic heterocycles. The maximum absolute atomic E-state index is 13.3. The van der Waals surface area contributed by atoms with Crippen LogP contribution in [0.2, 0.25) is 0 Å². The molecule has 0 bridgehead atoms. The highest BCUT2D eigenvalue weighted by Crippen LogP contribution is 2.29. The van der Waals surface area contributed by atoms with E-state index in [0.29, 0.717) is 11.3 Å². The summed E-state index contributed by atoms with van der Waals surface area (Å²) < 4.78 is 39.9. The smallest absolute Gasteiger partial charge is 0.357 e. The molecule has 35 heavy (non-hydrogen) atoms. The molecule has 2 heterocycles. The number of rotatable bonds is 4. The Balaban J connectivity index is 1.77. The third-order valence-corrected chi connectivity index (χ3v) is 5.32. The fourth-order valence-electron chi connectivity index (χ4n) is 3.58. The van der Waals surface area contributed by atoms with Gasteiger partial charge in [-0.25, -0.2) is 14.3 Å². The van der Waals surface area contributed by atoms with Gasteiger partial charge in [-0.1, -0.05) is 12.1 Å². The highest BCUT2D eigenvalue weighted by Gasteiger charge is 2.31. The van der Waals surface area contributed by atoms with Crippen LogP contribution in [0.4, 0.5) is 24.8 Å². The van der Waals surface area contributed by atoms with Crippen molar-refractivity contribution in [2.45, 2.75) is 20.0 Å². The van der Waals surface area contributed by atoms with E-state index in [0.717, 1.165) is 22.8 Å². The predicted octanol–water partition coefficient (Wildman–Crippen LogP) is 3.40. The number of aryl methyl sites for hydroxylation is 2. The van der Waals surface area contributed by atoms with E-state index in [1.165, 1.54) is 18.2 Å². The highest BCUT2D eigenvalue weighted by atomic mass is 19.4. The van der Waals surface area contributed by atoms with Gasteiger partial charge in [-0.3, -0.25) is 14.6 Å². The molecular formula is C23H19F3N6O3. The molecule has 9 nitrogen and oxygen atoms in total. The van der Waals surface area contributed by atoms with Crippen LogP contribution in [0.1, 0.15) is 27.2 Å². The fourth-order valence-corrected chi connectivity index (χ4v) is 3.58. The molecule has 1 amide bonds. The first-order chi connectivity index (χ1) is 16.5. The molecule has 2 aromatic carbocycles. The largest absolute Gasteiger partial charge is 0.416 e. The fraction of sp³-hybridized carbons (Fsp3) is 0.174. The molecule has 12 heteroatoms. The third kappa shape index (κ3) is 4.50. The van der Waals surface area contributed by atoms with E-state index < -0.39 is 28.9 Å². The van der Waals surface area contributed by atoms with E-state index in [2.05, 4.69) is 25.6 Å². The first-order valence-electron chi connectivity index (χ1n) is 10.3. The SMILES string of the molecule is CNc1nc(C)c2c(=O)n(-c3cc(NC(=O)c4cccc(C(F)(F)F)c4)ccc3C)c(=O)[nH]c2n1. The Bertz CT molecular complexity index is 1590. The normalized spacial score (nSPS) is 11.5. The second-order valence-corrected chi connectivity index (χ2v) is 7.71. The molecule has 4 aromatic rings. The van der Waals surface area contributed by atoms with Crippen molar-refractivity contribution in [3.8, 4) is 5.69 Å². The lowest BCUT2D eigenvalue weighted by molar-refractivity contribution is -0.137. The number of aromatic amines is 1. The number of benzene rings is 2. The van der Waals surface area contributed by atoms with Gasteiger partial charge in [0.25, 0.3) is 11.5 Å². The second-order valence-electron chi connectivity index (χ2n) is 7.71. The summed E-state index contributed by atoms with van der Waals surface area (Å²) in [6.07, 6.45) is -4.60. The number of aromatic nitrogens is 4. The van der Waals surface area contributed by atoms with Gasteiger partial charge in [0.15, 0.2) is 5.65 Å². The molecule has 0 saturated heterocycles. The summed E-state index contributed by atoms with van der Waals surface area (Å²) in [6.45, 7) is 3.27. The number of alkyl halides is 3. The van der Waals surface area contributed by atoms with Gasteiger partial charge in [0, 0.05) is 18.3 Å². The molecule has 180 valence electrons. The van der Waals surface area contributed by atoms with Crippen molar-refractivity contribution in [2.75, 3.05) is 17.7 Å². The summed E-state index contributed by atoms with van der Waals surface area (Å²) >= 11 is 0. The maximum Gasteiger partial charge on any atom is 0.416 e. The van der Waals surface area contributed by atoms with Crippen LogP contribution < -0.4 is 21.9 Å². The van der Waals surface area contributed by atoms with Crippen molar-refractivity contribution in [1.82, 2.24) is 19.5 Å². The number of carbonyl (C=O) groups is 1. The van der Waals surface area contributed by atoms with Crippen molar-refractivity contribution in [3.05, 3.63) is 85.7 Å². The zero-order valence-corrected chi connectivity index (χ0v) is 18.7. The number of carbonyl (C=O) groups excluding carboxylic acids is 1. The molecule has 3 N–H and O–H groups in total. The summed E-state index contributed by atoms with van der Waals surface area (Å²) in [5.41, 5.74) is -1.26. The van der Waals surface area contributed by atoms with Crippen LogP contribution in [0, 0.1) is 13.8 Å². The topological polar surface area (TPSA) is 122 Å². The summed E-state index contributed by atoms with van der Waals surface area (Å²) in [6, 6.07) is 8.46. The van der Waals surface area contributed by atoms with Crippen LogP contribution in [-0.2, 0) is 6.18 Å². The average molecular weight is 484 g/mol. The van der Waals surface area contributed by atoms with Crippen LogP contribution in [0.3, 0.4) is 0 Å². The lowest BCUT2D eigenvalue weighted by Crippen LogP contribution is -2.35. The van der Waals surface area contributed by atoms with Crippen LogP contribution in [-0.4, -0.2) is 32.5 Å².